The maximum Gasteiger partial charge on any atom is 0.341 e. The van der Waals surface area contributed by atoms with Gasteiger partial charge in [-0.05, 0) is 43.9 Å². The van der Waals surface area contributed by atoms with Crippen molar-refractivity contribution in [2.75, 3.05) is 11.9 Å². The fourth-order valence-electron chi connectivity index (χ4n) is 2.68. The number of ether oxygens (including phenoxy) is 1. The first kappa shape index (κ1) is 14.8. The van der Waals surface area contributed by atoms with E-state index >= 15 is 0 Å². The predicted molar refractivity (Wildman–Crippen MR) is 86.7 cm³/mol. The lowest BCUT2D eigenvalue weighted by Gasteiger charge is -2.08. The fraction of sp³-hybridized carbons (Fsp3) is 0.294. The summed E-state index contributed by atoms with van der Waals surface area (Å²) in [5.41, 5.74) is 2.17. The van der Waals surface area contributed by atoms with E-state index in [0.717, 1.165) is 24.8 Å². The third kappa shape index (κ3) is 2.76. The van der Waals surface area contributed by atoms with Crippen LogP contribution in [0.1, 0.15) is 44.5 Å². The Hall–Kier alpha value is -2.14. The first-order valence-corrected chi connectivity index (χ1v) is 8.20. The number of amides is 1. The molecule has 114 valence electrons. The SMILES string of the molecule is CCOC(=O)c1c(NC(=O)c2ccccc2)sc2c1CCC2. The highest BCUT2D eigenvalue weighted by Gasteiger charge is 2.28. The minimum atomic E-state index is -0.342. The molecule has 1 amide bonds. The van der Waals surface area contributed by atoms with Gasteiger partial charge in [-0.15, -0.1) is 11.3 Å². The van der Waals surface area contributed by atoms with Crippen molar-refractivity contribution in [3.8, 4) is 0 Å². The number of nitrogens with one attached hydrogen (secondary N) is 1. The number of aryl methyl sites for hydroxylation is 1. The van der Waals surface area contributed by atoms with Crippen LogP contribution in [0.4, 0.5) is 5.00 Å². The fourth-order valence-corrected chi connectivity index (χ4v) is 3.95. The van der Waals surface area contributed by atoms with Crippen molar-refractivity contribution < 1.29 is 14.3 Å². The maximum absolute atomic E-state index is 12.3. The van der Waals surface area contributed by atoms with Crippen LogP contribution in [0.3, 0.4) is 0 Å². The summed E-state index contributed by atoms with van der Waals surface area (Å²) in [7, 11) is 0. The number of thiophene rings is 1. The van der Waals surface area contributed by atoms with Crippen molar-refractivity contribution in [3.63, 3.8) is 0 Å². The lowest BCUT2D eigenvalue weighted by Crippen LogP contribution is -2.15. The summed E-state index contributed by atoms with van der Waals surface area (Å²) in [4.78, 5) is 25.7. The number of hydrogen-bond acceptors (Lipinski definition) is 4. The second-order valence-corrected chi connectivity index (χ2v) is 6.21. The Morgan fingerprint density at radius 2 is 2.00 bits per heavy atom. The predicted octanol–water partition coefficient (Wildman–Crippen LogP) is 3.67. The van der Waals surface area contributed by atoms with E-state index in [1.165, 1.54) is 16.2 Å². The molecule has 0 bridgehead atoms. The van der Waals surface area contributed by atoms with Crippen LogP contribution < -0.4 is 5.32 Å². The van der Waals surface area contributed by atoms with Gasteiger partial charge in [-0.3, -0.25) is 4.79 Å². The second kappa shape index (κ2) is 6.32. The molecular weight excluding hydrogens is 298 g/mol. The monoisotopic (exact) mass is 315 g/mol. The van der Waals surface area contributed by atoms with Crippen LogP contribution in [0.5, 0.6) is 0 Å². The standard InChI is InChI=1S/C17H17NO3S/c1-2-21-17(20)14-12-9-6-10-13(12)22-16(14)18-15(19)11-7-4-3-5-8-11/h3-5,7-8H,2,6,9-10H2,1H3,(H,18,19). The Labute approximate surface area is 133 Å². The molecule has 1 heterocycles. The minimum absolute atomic E-state index is 0.203. The Kier molecular flexibility index (Phi) is 4.24. The average molecular weight is 315 g/mol. The smallest absolute Gasteiger partial charge is 0.341 e. The van der Waals surface area contributed by atoms with E-state index in [-0.39, 0.29) is 11.9 Å². The van der Waals surface area contributed by atoms with Gasteiger partial charge in [0.2, 0.25) is 0 Å². The molecule has 2 aromatic rings. The number of fused-ring (bicyclic) bond motifs is 1. The number of esters is 1. The molecule has 5 heteroatoms. The number of carbonyl (C=O) groups excluding carboxylic acids is 2. The van der Waals surface area contributed by atoms with Gasteiger partial charge in [0, 0.05) is 10.4 Å². The molecule has 0 fully saturated rings. The molecule has 0 radical (unpaired) electrons. The topological polar surface area (TPSA) is 55.4 Å². The Morgan fingerprint density at radius 3 is 2.73 bits per heavy atom. The first-order valence-electron chi connectivity index (χ1n) is 7.38. The van der Waals surface area contributed by atoms with Gasteiger partial charge >= 0.3 is 5.97 Å². The number of benzene rings is 1. The van der Waals surface area contributed by atoms with Gasteiger partial charge in [-0.2, -0.15) is 0 Å². The number of carbonyl (C=O) groups is 2. The third-order valence-corrected chi connectivity index (χ3v) is 4.87. The van der Waals surface area contributed by atoms with Crippen molar-refractivity contribution in [2.45, 2.75) is 26.2 Å². The first-order chi connectivity index (χ1) is 10.7. The minimum Gasteiger partial charge on any atom is -0.462 e. The average Bonchev–Trinajstić information content (AvgIpc) is 3.08. The maximum atomic E-state index is 12.3. The van der Waals surface area contributed by atoms with Gasteiger partial charge in [0.1, 0.15) is 5.00 Å². The molecule has 0 atom stereocenters. The van der Waals surface area contributed by atoms with E-state index in [9.17, 15) is 9.59 Å². The van der Waals surface area contributed by atoms with Gasteiger partial charge in [0.15, 0.2) is 0 Å². The van der Waals surface area contributed by atoms with E-state index < -0.39 is 0 Å². The normalized spacial score (nSPS) is 12.8. The lowest BCUT2D eigenvalue weighted by atomic mass is 10.1. The Balaban J connectivity index is 1.91. The van der Waals surface area contributed by atoms with Crippen LogP contribution in [-0.2, 0) is 17.6 Å². The van der Waals surface area contributed by atoms with Gasteiger partial charge in [-0.1, -0.05) is 18.2 Å². The second-order valence-electron chi connectivity index (χ2n) is 5.10. The summed E-state index contributed by atoms with van der Waals surface area (Å²) in [6.45, 7) is 2.11. The molecule has 0 saturated carbocycles. The van der Waals surface area contributed by atoms with Crippen molar-refractivity contribution in [2.24, 2.45) is 0 Å². The molecule has 1 aliphatic carbocycles. The van der Waals surface area contributed by atoms with Crippen molar-refractivity contribution in [1.82, 2.24) is 0 Å². The molecule has 0 unspecified atom stereocenters. The van der Waals surface area contributed by atoms with E-state index in [2.05, 4.69) is 5.32 Å². The third-order valence-electron chi connectivity index (χ3n) is 3.66. The molecule has 0 saturated heterocycles. The molecule has 0 aliphatic heterocycles. The molecule has 1 aromatic heterocycles. The molecule has 22 heavy (non-hydrogen) atoms. The van der Waals surface area contributed by atoms with Crippen molar-refractivity contribution in [3.05, 3.63) is 51.9 Å². The van der Waals surface area contributed by atoms with E-state index in [1.54, 1.807) is 19.1 Å². The highest BCUT2D eigenvalue weighted by Crippen LogP contribution is 2.39. The summed E-state index contributed by atoms with van der Waals surface area (Å²) in [5.74, 6) is -0.545. The highest BCUT2D eigenvalue weighted by molar-refractivity contribution is 7.17. The van der Waals surface area contributed by atoms with E-state index in [0.29, 0.717) is 22.7 Å². The molecular formula is C17H17NO3S. The molecule has 1 aromatic carbocycles. The van der Waals surface area contributed by atoms with Crippen LogP contribution in [0.2, 0.25) is 0 Å². The van der Waals surface area contributed by atoms with Gasteiger partial charge in [-0.25, -0.2) is 4.79 Å². The lowest BCUT2D eigenvalue weighted by molar-refractivity contribution is 0.0527. The van der Waals surface area contributed by atoms with Crippen molar-refractivity contribution in [1.29, 1.82) is 0 Å². The molecule has 4 nitrogen and oxygen atoms in total. The van der Waals surface area contributed by atoms with Crippen LogP contribution in [0.25, 0.3) is 0 Å². The number of anilines is 1. The molecule has 3 rings (SSSR count). The van der Waals surface area contributed by atoms with Crippen molar-refractivity contribution >= 4 is 28.2 Å². The van der Waals surface area contributed by atoms with Crippen LogP contribution in [0, 0.1) is 0 Å². The summed E-state index contributed by atoms with van der Waals surface area (Å²) in [5, 5.41) is 3.48. The van der Waals surface area contributed by atoms with E-state index in [1.807, 2.05) is 18.2 Å². The Bertz CT molecular complexity index is 706. The number of hydrogen-bond donors (Lipinski definition) is 1. The van der Waals surface area contributed by atoms with Gasteiger partial charge < -0.3 is 10.1 Å². The summed E-state index contributed by atoms with van der Waals surface area (Å²) < 4.78 is 5.16. The van der Waals surface area contributed by atoms with Crippen LogP contribution in [-0.4, -0.2) is 18.5 Å². The molecule has 1 N–H and O–H groups in total. The quantitative estimate of drug-likeness (QED) is 0.876. The summed E-state index contributed by atoms with van der Waals surface area (Å²) >= 11 is 1.49. The number of rotatable bonds is 4. The summed E-state index contributed by atoms with van der Waals surface area (Å²) in [6, 6.07) is 8.99. The van der Waals surface area contributed by atoms with Gasteiger partial charge in [0.05, 0.1) is 12.2 Å². The zero-order valence-electron chi connectivity index (χ0n) is 12.3. The van der Waals surface area contributed by atoms with Gasteiger partial charge in [0.25, 0.3) is 5.91 Å². The molecule has 1 aliphatic rings. The highest BCUT2D eigenvalue weighted by atomic mass is 32.1. The largest absolute Gasteiger partial charge is 0.462 e. The van der Waals surface area contributed by atoms with E-state index in [4.69, 9.17) is 4.74 Å². The van der Waals surface area contributed by atoms with Crippen LogP contribution >= 0.6 is 11.3 Å². The molecule has 0 spiro atoms. The Morgan fingerprint density at radius 1 is 1.23 bits per heavy atom. The zero-order chi connectivity index (χ0) is 15.5. The van der Waals surface area contributed by atoms with Crippen LogP contribution in [0.15, 0.2) is 30.3 Å². The summed E-state index contributed by atoms with van der Waals surface area (Å²) in [6.07, 6.45) is 2.90. The zero-order valence-corrected chi connectivity index (χ0v) is 13.2.